The molecule has 0 saturated carbocycles. The van der Waals surface area contributed by atoms with Crippen molar-refractivity contribution in [2.24, 2.45) is 5.14 Å². The lowest BCUT2D eigenvalue weighted by Gasteiger charge is -2.22. The van der Waals surface area contributed by atoms with Crippen molar-refractivity contribution < 1.29 is 16.8 Å². The van der Waals surface area contributed by atoms with Crippen LogP contribution in [0.5, 0.6) is 0 Å². The highest BCUT2D eigenvalue weighted by molar-refractivity contribution is 7.90. The first-order valence-corrected chi connectivity index (χ1v) is 11.0. The Bertz CT molecular complexity index is 965. The number of aromatic nitrogens is 2. The van der Waals surface area contributed by atoms with Crippen LogP contribution < -0.4 is 5.14 Å². The molecular formula is C15H20N4O4S2. The lowest BCUT2D eigenvalue weighted by molar-refractivity contribution is 0.408. The second-order valence-electron chi connectivity index (χ2n) is 6.20. The molecule has 1 aromatic carbocycles. The second kappa shape index (κ2) is 6.52. The van der Waals surface area contributed by atoms with E-state index in [4.69, 9.17) is 5.14 Å². The Balaban J connectivity index is 1.89. The molecule has 10 heteroatoms. The zero-order valence-corrected chi connectivity index (χ0v) is 15.4. The van der Waals surface area contributed by atoms with Crippen molar-refractivity contribution in [2.45, 2.75) is 30.7 Å². The SMILES string of the molecule is Cc1ccc(-n2cc(S(=O)(=O)N3CCC[C@@H]3CS(N)(=O)=O)cn2)cc1. The highest BCUT2D eigenvalue weighted by Gasteiger charge is 2.37. The van der Waals surface area contributed by atoms with Crippen LogP contribution in [0.25, 0.3) is 5.69 Å². The van der Waals surface area contributed by atoms with Gasteiger partial charge >= 0.3 is 0 Å². The van der Waals surface area contributed by atoms with Gasteiger partial charge in [-0.1, -0.05) is 17.7 Å². The smallest absolute Gasteiger partial charge is 0.240 e. The Hall–Kier alpha value is -1.75. The molecular weight excluding hydrogens is 364 g/mol. The topological polar surface area (TPSA) is 115 Å². The lowest BCUT2D eigenvalue weighted by Crippen LogP contribution is -2.40. The number of sulfonamides is 2. The Morgan fingerprint density at radius 3 is 2.52 bits per heavy atom. The van der Waals surface area contributed by atoms with Crippen LogP contribution in [0.15, 0.2) is 41.6 Å². The number of hydrogen-bond acceptors (Lipinski definition) is 5. The minimum atomic E-state index is -3.83. The minimum absolute atomic E-state index is 0.0365. The van der Waals surface area contributed by atoms with E-state index < -0.39 is 26.1 Å². The lowest BCUT2D eigenvalue weighted by atomic mass is 10.2. The number of hydrogen-bond donors (Lipinski definition) is 1. The Labute approximate surface area is 147 Å². The summed E-state index contributed by atoms with van der Waals surface area (Å²) in [5, 5.41) is 9.21. The van der Waals surface area contributed by atoms with E-state index in [2.05, 4.69) is 5.10 Å². The van der Waals surface area contributed by atoms with Crippen LogP contribution in [0, 0.1) is 6.92 Å². The van der Waals surface area contributed by atoms with Crippen molar-refractivity contribution in [2.75, 3.05) is 12.3 Å². The van der Waals surface area contributed by atoms with E-state index in [-0.39, 0.29) is 17.2 Å². The summed E-state index contributed by atoms with van der Waals surface area (Å²) in [4.78, 5) is 0.0365. The predicted octanol–water partition coefficient (Wildman–Crippen LogP) is 0.622. The van der Waals surface area contributed by atoms with E-state index in [1.807, 2.05) is 31.2 Å². The predicted molar refractivity (Wildman–Crippen MR) is 93.2 cm³/mol. The van der Waals surface area contributed by atoms with E-state index in [0.717, 1.165) is 11.3 Å². The molecule has 3 rings (SSSR count). The zero-order chi connectivity index (χ0) is 18.2. The molecule has 2 N–H and O–H groups in total. The van der Waals surface area contributed by atoms with Gasteiger partial charge in [-0.15, -0.1) is 0 Å². The largest absolute Gasteiger partial charge is 0.246 e. The number of benzene rings is 1. The van der Waals surface area contributed by atoms with Gasteiger partial charge in [0.25, 0.3) is 0 Å². The van der Waals surface area contributed by atoms with Crippen molar-refractivity contribution >= 4 is 20.0 Å². The molecule has 0 amide bonds. The highest BCUT2D eigenvalue weighted by atomic mass is 32.2. The fourth-order valence-corrected chi connectivity index (χ4v) is 5.58. The van der Waals surface area contributed by atoms with Crippen LogP contribution in [-0.4, -0.2) is 49.3 Å². The molecule has 0 radical (unpaired) electrons. The molecule has 8 nitrogen and oxygen atoms in total. The molecule has 2 heterocycles. The van der Waals surface area contributed by atoms with Gasteiger partial charge in [-0.3, -0.25) is 0 Å². The summed E-state index contributed by atoms with van der Waals surface area (Å²) in [6.45, 7) is 2.24. The van der Waals surface area contributed by atoms with Crippen molar-refractivity contribution in [3.05, 3.63) is 42.2 Å². The van der Waals surface area contributed by atoms with Crippen molar-refractivity contribution in [3.8, 4) is 5.69 Å². The normalized spacial score (nSPS) is 19.4. The summed E-state index contributed by atoms with van der Waals surface area (Å²) in [7, 11) is -7.58. The highest BCUT2D eigenvalue weighted by Crippen LogP contribution is 2.27. The van der Waals surface area contributed by atoms with Gasteiger partial charge in [0.15, 0.2) is 0 Å². The fourth-order valence-electron chi connectivity index (χ4n) is 2.97. The van der Waals surface area contributed by atoms with Gasteiger partial charge in [-0.05, 0) is 31.9 Å². The number of nitrogens with zero attached hydrogens (tertiary/aromatic N) is 3. The summed E-state index contributed by atoms with van der Waals surface area (Å²) < 4.78 is 51.1. The van der Waals surface area contributed by atoms with Crippen LogP contribution >= 0.6 is 0 Å². The van der Waals surface area contributed by atoms with E-state index in [9.17, 15) is 16.8 Å². The monoisotopic (exact) mass is 384 g/mol. The van der Waals surface area contributed by atoms with Crippen molar-refractivity contribution in [1.82, 2.24) is 14.1 Å². The van der Waals surface area contributed by atoms with Crippen molar-refractivity contribution in [1.29, 1.82) is 0 Å². The molecule has 1 fully saturated rings. The van der Waals surface area contributed by atoms with Crippen LogP contribution in [0.1, 0.15) is 18.4 Å². The van der Waals surface area contributed by atoms with Gasteiger partial charge in [-0.2, -0.15) is 9.40 Å². The average Bonchev–Trinajstić information content (AvgIpc) is 3.16. The molecule has 1 atom stereocenters. The maximum absolute atomic E-state index is 12.9. The molecule has 136 valence electrons. The Kier molecular flexibility index (Phi) is 4.71. The van der Waals surface area contributed by atoms with Gasteiger partial charge in [-0.25, -0.2) is 26.7 Å². The first kappa shape index (κ1) is 18.1. The first-order chi connectivity index (χ1) is 11.7. The molecule has 2 aromatic rings. The third kappa shape index (κ3) is 3.92. The summed E-state index contributed by atoms with van der Waals surface area (Å²) in [6.07, 6.45) is 3.79. The summed E-state index contributed by atoms with van der Waals surface area (Å²) in [5.74, 6) is -0.377. The van der Waals surface area contributed by atoms with Crippen molar-refractivity contribution in [3.63, 3.8) is 0 Å². The van der Waals surface area contributed by atoms with E-state index >= 15 is 0 Å². The third-order valence-corrected chi connectivity index (χ3v) is 6.97. The number of rotatable bonds is 5. The standard InChI is InChI=1S/C15H20N4O4S2/c1-12-4-6-13(7-5-12)18-10-15(9-17-18)25(22,23)19-8-2-3-14(19)11-24(16,20)21/h4-7,9-10,14H,2-3,8,11H2,1H3,(H2,16,20,21)/t14-/m1/s1. The number of primary sulfonamides is 1. The number of aryl methyl sites for hydroxylation is 1. The maximum atomic E-state index is 12.9. The molecule has 25 heavy (non-hydrogen) atoms. The van der Waals surface area contributed by atoms with Crippen LogP contribution in [0.3, 0.4) is 0 Å². The first-order valence-electron chi connectivity index (χ1n) is 7.81. The van der Waals surface area contributed by atoms with Gasteiger partial charge in [0.2, 0.25) is 20.0 Å². The molecule has 0 spiro atoms. The average molecular weight is 384 g/mol. The van der Waals surface area contributed by atoms with Crippen LogP contribution in [-0.2, 0) is 20.0 Å². The maximum Gasteiger partial charge on any atom is 0.246 e. The third-order valence-electron chi connectivity index (χ3n) is 4.21. The van der Waals surface area contributed by atoms with Gasteiger partial charge in [0.1, 0.15) is 4.90 Å². The quantitative estimate of drug-likeness (QED) is 0.811. The molecule has 1 aliphatic heterocycles. The van der Waals surface area contributed by atoms with E-state index in [0.29, 0.717) is 12.8 Å². The Morgan fingerprint density at radius 1 is 1.20 bits per heavy atom. The molecule has 1 aromatic heterocycles. The fraction of sp³-hybridized carbons (Fsp3) is 0.400. The second-order valence-corrected chi connectivity index (χ2v) is 9.75. The molecule has 1 saturated heterocycles. The van der Waals surface area contributed by atoms with Crippen LogP contribution in [0.4, 0.5) is 0 Å². The zero-order valence-electron chi connectivity index (χ0n) is 13.7. The number of nitrogens with two attached hydrogens (primary N) is 1. The van der Waals surface area contributed by atoms with E-state index in [1.165, 1.54) is 21.4 Å². The minimum Gasteiger partial charge on any atom is -0.240 e. The summed E-state index contributed by atoms with van der Waals surface area (Å²) >= 11 is 0. The van der Waals surface area contributed by atoms with E-state index in [1.54, 1.807) is 0 Å². The summed E-state index contributed by atoms with van der Waals surface area (Å²) in [5.41, 5.74) is 1.83. The molecule has 0 unspecified atom stereocenters. The van der Waals surface area contributed by atoms with Gasteiger partial charge in [0.05, 0.1) is 23.8 Å². The van der Waals surface area contributed by atoms with Gasteiger partial charge in [0, 0.05) is 12.6 Å². The van der Waals surface area contributed by atoms with Crippen LogP contribution in [0.2, 0.25) is 0 Å². The molecule has 1 aliphatic rings. The molecule has 0 aliphatic carbocycles. The van der Waals surface area contributed by atoms with Gasteiger partial charge < -0.3 is 0 Å². The Morgan fingerprint density at radius 2 is 1.88 bits per heavy atom. The molecule has 0 bridgehead atoms. The summed E-state index contributed by atoms with van der Waals surface area (Å²) in [6, 6.07) is 6.88.